The molecule has 2 atom stereocenters. The van der Waals surface area contributed by atoms with Crippen molar-refractivity contribution in [3.63, 3.8) is 0 Å². The maximum Gasteiger partial charge on any atom is 0.249 e. The maximum absolute atomic E-state index is 11.4. The first-order chi connectivity index (χ1) is 6.65. The Balaban J connectivity index is 2.49. The Morgan fingerprint density at radius 2 is 2.36 bits per heavy atom. The van der Waals surface area contributed by atoms with Crippen molar-refractivity contribution < 1.29 is 9.53 Å². The van der Waals surface area contributed by atoms with Crippen LogP contribution in [0.25, 0.3) is 0 Å². The minimum atomic E-state index is -0.419. The van der Waals surface area contributed by atoms with Gasteiger partial charge >= 0.3 is 0 Å². The minimum absolute atomic E-state index is 0.0555. The van der Waals surface area contributed by atoms with E-state index in [-0.39, 0.29) is 11.9 Å². The summed E-state index contributed by atoms with van der Waals surface area (Å²) in [6.07, 6.45) is 1.31. The summed E-state index contributed by atoms with van der Waals surface area (Å²) in [5, 5.41) is 5.61. The summed E-state index contributed by atoms with van der Waals surface area (Å²) < 4.78 is 4.90. The summed E-state index contributed by atoms with van der Waals surface area (Å²) in [6.45, 7) is 3.61. The van der Waals surface area contributed by atoms with Crippen LogP contribution in [0, 0.1) is 0 Å². The van der Waals surface area contributed by atoms with Crippen LogP contribution in [0.4, 0.5) is 0 Å². The monoisotopic (exact) mass is 214 g/mol. The van der Waals surface area contributed by atoms with Gasteiger partial charge in [0.2, 0.25) is 5.91 Å². The second-order valence-corrected chi connectivity index (χ2v) is 3.90. The van der Waals surface area contributed by atoms with E-state index in [4.69, 9.17) is 4.74 Å². The number of amides is 1. The number of hydrogen-bond acceptors (Lipinski definition) is 4. The van der Waals surface area contributed by atoms with Crippen LogP contribution in [0.3, 0.4) is 0 Å². The SMILES string of the molecule is COC(C)C(=O)NC(C)c1nccs1. The summed E-state index contributed by atoms with van der Waals surface area (Å²) in [7, 11) is 1.51. The third kappa shape index (κ3) is 2.78. The first-order valence-electron chi connectivity index (χ1n) is 4.37. The summed E-state index contributed by atoms with van der Waals surface area (Å²) in [4.78, 5) is 15.5. The number of thiazole rings is 1. The Bertz CT molecular complexity index is 287. The Labute approximate surface area is 87.3 Å². The van der Waals surface area contributed by atoms with E-state index in [0.717, 1.165) is 5.01 Å². The van der Waals surface area contributed by atoms with E-state index in [0.29, 0.717) is 0 Å². The van der Waals surface area contributed by atoms with Gasteiger partial charge < -0.3 is 10.1 Å². The molecule has 1 heterocycles. The second-order valence-electron chi connectivity index (χ2n) is 2.98. The number of methoxy groups -OCH3 is 1. The standard InChI is InChI=1S/C9H14N2O2S/c1-6(9-10-4-5-14-9)11-8(12)7(2)13-3/h4-7H,1-3H3,(H,11,12). The van der Waals surface area contributed by atoms with E-state index in [1.54, 1.807) is 13.1 Å². The van der Waals surface area contributed by atoms with Crippen molar-refractivity contribution in [3.8, 4) is 0 Å². The van der Waals surface area contributed by atoms with Crippen molar-refractivity contribution in [3.05, 3.63) is 16.6 Å². The molecule has 1 N–H and O–H groups in total. The summed E-state index contributed by atoms with van der Waals surface area (Å²) in [6, 6.07) is -0.0555. The lowest BCUT2D eigenvalue weighted by Gasteiger charge is -2.14. The van der Waals surface area contributed by atoms with Gasteiger partial charge in [0.1, 0.15) is 11.1 Å². The van der Waals surface area contributed by atoms with Gasteiger partial charge in [0.05, 0.1) is 6.04 Å². The molecule has 1 amide bonds. The van der Waals surface area contributed by atoms with E-state index < -0.39 is 6.10 Å². The second kappa shape index (κ2) is 5.07. The van der Waals surface area contributed by atoms with E-state index in [9.17, 15) is 4.79 Å². The molecule has 2 unspecified atom stereocenters. The van der Waals surface area contributed by atoms with Gasteiger partial charge in [-0.25, -0.2) is 4.98 Å². The highest BCUT2D eigenvalue weighted by Gasteiger charge is 2.16. The lowest BCUT2D eigenvalue weighted by molar-refractivity contribution is -0.130. The van der Waals surface area contributed by atoms with Gasteiger partial charge in [0, 0.05) is 18.7 Å². The number of ether oxygens (including phenoxy) is 1. The highest BCUT2D eigenvalue weighted by atomic mass is 32.1. The summed E-state index contributed by atoms with van der Waals surface area (Å²) in [5.74, 6) is -0.116. The van der Waals surface area contributed by atoms with Gasteiger partial charge in [-0.2, -0.15) is 0 Å². The predicted molar refractivity (Wildman–Crippen MR) is 55.1 cm³/mol. The zero-order valence-electron chi connectivity index (χ0n) is 8.48. The number of hydrogen-bond donors (Lipinski definition) is 1. The molecule has 0 bridgehead atoms. The van der Waals surface area contributed by atoms with E-state index in [2.05, 4.69) is 10.3 Å². The van der Waals surface area contributed by atoms with Crippen LogP contribution in [0.15, 0.2) is 11.6 Å². The first-order valence-corrected chi connectivity index (χ1v) is 5.25. The summed E-state index contributed by atoms with van der Waals surface area (Å²) in [5.41, 5.74) is 0. The first kappa shape index (κ1) is 11.1. The van der Waals surface area contributed by atoms with Crippen LogP contribution in [-0.4, -0.2) is 24.1 Å². The van der Waals surface area contributed by atoms with Crippen molar-refractivity contribution in [2.24, 2.45) is 0 Å². The van der Waals surface area contributed by atoms with Crippen molar-refractivity contribution in [2.45, 2.75) is 26.0 Å². The molecular weight excluding hydrogens is 200 g/mol. The normalized spacial score (nSPS) is 14.8. The highest BCUT2D eigenvalue weighted by molar-refractivity contribution is 7.09. The molecule has 0 spiro atoms. The van der Waals surface area contributed by atoms with Crippen LogP contribution >= 0.6 is 11.3 Å². The Morgan fingerprint density at radius 1 is 1.64 bits per heavy atom. The van der Waals surface area contributed by atoms with Crippen molar-refractivity contribution in [1.29, 1.82) is 0 Å². The molecule has 0 aliphatic heterocycles. The van der Waals surface area contributed by atoms with Crippen LogP contribution in [-0.2, 0) is 9.53 Å². The molecule has 78 valence electrons. The molecule has 1 aromatic heterocycles. The van der Waals surface area contributed by atoms with Crippen LogP contribution < -0.4 is 5.32 Å². The van der Waals surface area contributed by atoms with E-state index in [1.807, 2.05) is 12.3 Å². The van der Waals surface area contributed by atoms with Gasteiger partial charge in [0.15, 0.2) is 0 Å². The van der Waals surface area contributed by atoms with Gasteiger partial charge in [-0.15, -0.1) is 11.3 Å². The van der Waals surface area contributed by atoms with Gasteiger partial charge in [0.25, 0.3) is 0 Å². The number of carbonyl (C=O) groups is 1. The molecule has 1 aromatic rings. The smallest absolute Gasteiger partial charge is 0.249 e. The molecular formula is C9H14N2O2S. The third-order valence-electron chi connectivity index (χ3n) is 1.90. The third-order valence-corrected chi connectivity index (χ3v) is 2.86. The molecule has 0 saturated carbocycles. The topological polar surface area (TPSA) is 51.2 Å². The summed E-state index contributed by atoms with van der Waals surface area (Å²) >= 11 is 1.53. The van der Waals surface area contributed by atoms with Crippen molar-refractivity contribution >= 4 is 17.2 Å². The van der Waals surface area contributed by atoms with Crippen LogP contribution in [0.2, 0.25) is 0 Å². The maximum atomic E-state index is 11.4. The van der Waals surface area contributed by atoms with Gasteiger partial charge in [-0.05, 0) is 13.8 Å². The molecule has 0 aromatic carbocycles. The zero-order chi connectivity index (χ0) is 10.6. The Hall–Kier alpha value is -0.940. The molecule has 0 aliphatic carbocycles. The number of aromatic nitrogens is 1. The predicted octanol–water partition coefficient (Wildman–Crippen LogP) is 1.36. The fourth-order valence-electron chi connectivity index (χ4n) is 0.948. The zero-order valence-corrected chi connectivity index (χ0v) is 9.30. The van der Waals surface area contributed by atoms with E-state index >= 15 is 0 Å². The molecule has 1 rings (SSSR count). The van der Waals surface area contributed by atoms with Crippen LogP contribution in [0.1, 0.15) is 24.9 Å². The number of rotatable bonds is 4. The average molecular weight is 214 g/mol. The lowest BCUT2D eigenvalue weighted by atomic mass is 10.3. The van der Waals surface area contributed by atoms with Crippen LogP contribution in [0.5, 0.6) is 0 Å². The fourth-order valence-corrected chi connectivity index (χ4v) is 1.59. The van der Waals surface area contributed by atoms with Crippen molar-refractivity contribution in [1.82, 2.24) is 10.3 Å². The molecule has 0 radical (unpaired) electrons. The van der Waals surface area contributed by atoms with Crippen molar-refractivity contribution in [2.75, 3.05) is 7.11 Å². The van der Waals surface area contributed by atoms with E-state index in [1.165, 1.54) is 18.4 Å². The Kier molecular flexibility index (Phi) is 4.03. The quantitative estimate of drug-likeness (QED) is 0.823. The largest absolute Gasteiger partial charge is 0.372 e. The van der Waals surface area contributed by atoms with Gasteiger partial charge in [-0.1, -0.05) is 0 Å². The number of nitrogens with zero attached hydrogens (tertiary/aromatic N) is 1. The lowest BCUT2D eigenvalue weighted by Crippen LogP contribution is -2.35. The van der Waals surface area contributed by atoms with Gasteiger partial charge in [-0.3, -0.25) is 4.79 Å². The molecule has 0 aliphatic rings. The molecule has 0 fully saturated rings. The number of carbonyl (C=O) groups excluding carboxylic acids is 1. The minimum Gasteiger partial charge on any atom is -0.372 e. The fraction of sp³-hybridized carbons (Fsp3) is 0.556. The molecule has 0 saturated heterocycles. The molecule has 14 heavy (non-hydrogen) atoms. The molecule has 5 heteroatoms. The molecule has 4 nitrogen and oxygen atoms in total. The Morgan fingerprint density at radius 3 is 2.86 bits per heavy atom. The average Bonchev–Trinajstić information content (AvgIpc) is 2.69. The highest BCUT2D eigenvalue weighted by Crippen LogP contribution is 2.14. The number of nitrogens with one attached hydrogen (secondary N) is 1.